The van der Waals surface area contributed by atoms with Gasteiger partial charge in [0.25, 0.3) is 0 Å². The van der Waals surface area contributed by atoms with Gasteiger partial charge in [0.15, 0.2) is 0 Å². The molecule has 1 heterocycles. The van der Waals surface area contributed by atoms with Gasteiger partial charge in [0, 0.05) is 16.9 Å². The highest BCUT2D eigenvalue weighted by Gasteiger charge is 2.16. The second-order valence-electron chi connectivity index (χ2n) is 5.85. The molecule has 5 nitrogen and oxygen atoms in total. The highest BCUT2D eigenvalue weighted by Crippen LogP contribution is 2.20. The Balaban J connectivity index is 1.76. The Bertz CT molecular complexity index is 868. The summed E-state index contributed by atoms with van der Waals surface area (Å²) in [7, 11) is 1.61. The third-order valence-electron chi connectivity index (χ3n) is 4.15. The van der Waals surface area contributed by atoms with E-state index in [-0.39, 0.29) is 12.3 Å². The summed E-state index contributed by atoms with van der Waals surface area (Å²) in [5, 5.41) is 7.50. The van der Waals surface area contributed by atoms with Crippen molar-refractivity contribution < 1.29 is 9.53 Å². The first-order valence-corrected chi connectivity index (χ1v) is 8.13. The Morgan fingerprint density at radius 2 is 1.76 bits per heavy atom. The molecular weight excluding hydrogens is 314 g/mol. The molecule has 0 bridgehead atoms. The third kappa shape index (κ3) is 3.71. The highest BCUT2D eigenvalue weighted by atomic mass is 16.5. The maximum Gasteiger partial charge on any atom is 0.228 e. The van der Waals surface area contributed by atoms with Crippen LogP contribution >= 0.6 is 0 Å². The van der Waals surface area contributed by atoms with Gasteiger partial charge in [0.1, 0.15) is 5.75 Å². The molecule has 128 valence electrons. The molecular formula is C20H21N3O2. The van der Waals surface area contributed by atoms with Gasteiger partial charge in [0.05, 0.1) is 24.9 Å². The molecule has 0 aliphatic rings. The van der Waals surface area contributed by atoms with Crippen LogP contribution in [0.4, 0.5) is 5.69 Å². The van der Waals surface area contributed by atoms with E-state index < -0.39 is 0 Å². The second kappa shape index (κ2) is 7.21. The first kappa shape index (κ1) is 16.8. The fourth-order valence-electron chi connectivity index (χ4n) is 2.79. The number of nitrogens with zero attached hydrogens (tertiary/aromatic N) is 2. The van der Waals surface area contributed by atoms with Crippen LogP contribution in [0.25, 0.3) is 5.69 Å². The molecule has 3 rings (SSSR count). The van der Waals surface area contributed by atoms with Gasteiger partial charge in [0.2, 0.25) is 5.91 Å². The van der Waals surface area contributed by atoms with E-state index in [1.54, 1.807) is 7.11 Å². The van der Waals surface area contributed by atoms with Gasteiger partial charge in [-0.05, 0) is 50.2 Å². The summed E-state index contributed by atoms with van der Waals surface area (Å²) < 4.78 is 7.00. The molecule has 1 aromatic heterocycles. The largest absolute Gasteiger partial charge is 0.497 e. The van der Waals surface area contributed by atoms with Crippen molar-refractivity contribution in [3.8, 4) is 11.4 Å². The zero-order valence-corrected chi connectivity index (χ0v) is 14.6. The van der Waals surface area contributed by atoms with Gasteiger partial charge < -0.3 is 10.1 Å². The predicted molar refractivity (Wildman–Crippen MR) is 98.4 cm³/mol. The summed E-state index contributed by atoms with van der Waals surface area (Å²) >= 11 is 0. The van der Waals surface area contributed by atoms with Crippen molar-refractivity contribution >= 4 is 11.6 Å². The van der Waals surface area contributed by atoms with Crippen LogP contribution in [0.1, 0.15) is 17.0 Å². The summed E-state index contributed by atoms with van der Waals surface area (Å²) in [5.41, 5.74) is 4.54. The molecule has 0 fully saturated rings. The van der Waals surface area contributed by atoms with Crippen LogP contribution in [0.5, 0.6) is 5.75 Å². The van der Waals surface area contributed by atoms with Gasteiger partial charge in [-0.25, -0.2) is 4.68 Å². The van der Waals surface area contributed by atoms with E-state index in [9.17, 15) is 4.79 Å². The first-order valence-electron chi connectivity index (χ1n) is 8.13. The molecule has 1 N–H and O–H groups in total. The van der Waals surface area contributed by atoms with Gasteiger partial charge in [-0.2, -0.15) is 5.10 Å². The van der Waals surface area contributed by atoms with Crippen LogP contribution in [0.2, 0.25) is 0 Å². The maximum atomic E-state index is 12.4. The van der Waals surface area contributed by atoms with Crippen LogP contribution in [0.15, 0.2) is 54.6 Å². The summed E-state index contributed by atoms with van der Waals surface area (Å²) in [6, 6.07) is 17.2. The van der Waals surface area contributed by atoms with E-state index >= 15 is 0 Å². The Labute approximate surface area is 147 Å². The average Bonchev–Trinajstić information content (AvgIpc) is 2.91. The number of aryl methyl sites for hydroxylation is 1. The number of amides is 1. The lowest BCUT2D eigenvalue weighted by molar-refractivity contribution is -0.115. The average molecular weight is 335 g/mol. The number of aromatic nitrogens is 2. The summed E-state index contributed by atoms with van der Waals surface area (Å²) in [4.78, 5) is 12.4. The number of ether oxygens (including phenoxy) is 1. The quantitative estimate of drug-likeness (QED) is 0.774. The summed E-state index contributed by atoms with van der Waals surface area (Å²) in [6.07, 6.45) is 0.288. The van der Waals surface area contributed by atoms with E-state index in [1.807, 2.05) is 73.1 Å². The third-order valence-corrected chi connectivity index (χ3v) is 4.15. The van der Waals surface area contributed by atoms with Crippen molar-refractivity contribution in [2.24, 2.45) is 0 Å². The number of hydrogen-bond donors (Lipinski definition) is 1. The molecule has 0 unspecified atom stereocenters. The number of carbonyl (C=O) groups excluding carboxylic acids is 1. The number of carbonyl (C=O) groups is 1. The number of anilines is 1. The molecule has 0 radical (unpaired) electrons. The molecule has 3 aromatic rings. The minimum absolute atomic E-state index is 0.0658. The molecule has 2 aromatic carbocycles. The van der Waals surface area contributed by atoms with Crippen LogP contribution in [0, 0.1) is 13.8 Å². The smallest absolute Gasteiger partial charge is 0.228 e. The number of nitrogens with one attached hydrogen (secondary N) is 1. The van der Waals surface area contributed by atoms with E-state index in [4.69, 9.17) is 4.74 Å². The standard InChI is InChI=1S/C20H21N3O2/c1-14-19(15(2)23(22-14)17-7-5-4-6-8-17)13-20(24)21-16-9-11-18(25-3)12-10-16/h4-12H,13H2,1-3H3,(H,21,24). The maximum absolute atomic E-state index is 12.4. The van der Waals surface area contributed by atoms with Crippen molar-refractivity contribution in [3.05, 3.63) is 71.5 Å². The van der Waals surface area contributed by atoms with Crippen LogP contribution in [-0.4, -0.2) is 22.8 Å². The van der Waals surface area contributed by atoms with Crippen molar-refractivity contribution in [3.63, 3.8) is 0 Å². The minimum atomic E-state index is -0.0658. The van der Waals surface area contributed by atoms with Gasteiger partial charge >= 0.3 is 0 Å². The SMILES string of the molecule is COc1ccc(NC(=O)Cc2c(C)nn(-c3ccccc3)c2C)cc1. The number of methoxy groups -OCH3 is 1. The van der Waals surface area contributed by atoms with Gasteiger partial charge in [-0.3, -0.25) is 4.79 Å². The van der Waals surface area contributed by atoms with Gasteiger partial charge in [-0.15, -0.1) is 0 Å². The first-order chi connectivity index (χ1) is 12.1. The van der Waals surface area contributed by atoms with Crippen LogP contribution in [0.3, 0.4) is 0 Å². The second-order valence-corrected chi connectivity index (χ2v) is 5.85. The van der Waals surface area contributed by atoms with E-state index in [0.29, 0.717) is 0 Å². The fraction of sp³-hybridized carbons (Fsp3) is 0.200. The summed E-state index contributed by atoms with van der Waals surface area (Å²) in [6.45, 7) is 3.92. The normalized spacial score (nSPS) is 10.5. The predicted octanol–water partition coefficient (Wildman–Crippen LogP) is 3.68. The molecule has 0 saturated carbocycles. The van der Waals surface area contributed by atoms with Crippen LogP contribution in [-0.2, 0) is 11.2 Å². The van der Waals surface area contributed by atoms with Crippen molar-refractivity contribution in [1.82, 2.24) is 9.78 Å². The Kier molecular flexibility index (Phi) is 4.84. The van der Waals surface area contributed by atoms with E-state index in [0.717, 1.165) is 34.1 Å². The molecule has 1 amide bonds. The monoisotopic (exact) mass is 335 g/mol. The molecule has 0 saturated heterocycles. The molecule has 0 spiro atoms. The van der Waals surface area contributed by atoms with Gasteiger partial charge in [-0.1, -0.05) is 18.2 Å². The lowest BCUT2D eigenvalue weighted by Crippen LogP contribution is -2.15. The van der Waals surface area contributed by atoms with Crippen LogP contribution < -0.4 is 10.1 Å². The lowest BCUT2D eigenvalue weighted by Gasteiger charge is -2.07. The fourth-order valence-corrected chi connectivity index (χ4v) is 2.79. The van der Waals surface area contributed by atoms with Crippen molar-refractivity contribution in [1.29, 1.82) is 0 Å². The zero-order chi connectivity index (χ0) is 17.8. The number of rotatable bonds is 5. The Morgan fingerprint density at radius 3 is 2.40 bits per heavy atom. The Hall–Kier alpha value is -3.08. The highest BCUT2D eigenvalue weighted by molar-refractivity contribution is 5.92. The summed E-state index contributed by atoms with van der Waals surface area (Å²) in [5.74, 6) is 0.692. The number of benzene rings is 2. The number of para-hydroxylation sites is 1. The Morgan fingerprint density at radius 1 is 1.08 bits per heavy atom. The molecule has 0 atom stereocenters. The van der Waals surface area contributed by atoms with Crippen molar-refractivity contribution in [2.75, 3.05) is 12.4 Å². The topological polar surface area (TPSA) is 56.1 Å². The molecule has 0 aliphatic heterocycles. The zero-order valence-electron chi connectivity index (χ0n) is 14.6. The number of hydrogen-bond acceptors (Lipinski definition) is 3. The molecule has 5 heteroatoms. The van der Waals surface area contributed by atoms with Crippen molar-refractivity contribution in [2.45, 2.75) is 20.3 Å². The van der Waals surface area contributed by atoms with E-state index in [1.165, 1.54) is 0 Å². The lowest BCUT2D eigenvalue weighted by atomic mass is 10.1. The van der Waals surface area contributed by atoms with E-state index in [2.05, 4.69) is 10.4 Å². The molecule has 25 heavy (non-hydrogen) atoms. The minimum Gasteiger partial charge on any atom is -0.497 e. The molecule has 0 aliphatic carbocycles.